The first-order valence-corrected chi connectivity index (χ1v) is 12.9. The zero-order valence-electron chi connectivity index (χ0n) is 20.3. The zero-order chi connectivity index (χ0) is 24.3. The molecule has 0 atom stereocenters. The fraction of sp³-hybridized carbons (Fsp3) is 0.0278. The van der Waals surface area contributed by atoms with Crippen molar-refractivity contribution in [3.05, 3.63) is 137 Å². The average Bonchev–Trinajstić information content (AvgIpc) is 3.42. The fourth-order valence-corrected chi connectivity index (χ4v) is 6.20. The van der Waals surface area contributed by atoms with Crippen LogP contribution in [0.4, 0.5) is 0 Å². The van der Waals surface area contributed by atoms with Crippen LogP contribution in [0.5, 0.6) is 0 Å². The fourth-order valence-electron chi connectivity index (χ4n) is 6.20. The molecular weight excluding hydrogens is 446 g/mol. The van der Waals surface area contributed by atoms with Gasteiger partial charge >= 0.3 is 0 Å². The van der Waals surface area contributed by atoms with Crippen molar-refractivity contribution in [1.29, 1.82) is 0 Å². The third kappa shape index (κ3) is 3.07. The maximum atomic E-state index is 4.76. The second-order valence-electron chi connectivity index (χ2n) is 9.92. The van der Waals surface area contributed by atoms with Gasteiger partial charge < -0.3 is 0 Å². The van der Waals surface area contributed by atoms with E-state index in [4.69, 9.17) is 4.98 Å². The van der Waals surface area contributed by atoms with Crippen LogP contribution in [-0.2, 0) is 0 Å². The number of hydrogen-bond acceptors (Lipinski definition) is 1. The molecule has 0 fully saturated rings. The highest BCUT2D eigenvalue weighted by atomic mass is 14.6. The smallest absolute Gasteiger partial charge is 0.0783 e. The Morgan fingerprint density at radius 2 is 1.16 bits per heavy atom. The van der Waals surface area contributed by atoms with Crippen molar-refractivity contribution < 1.29 is 0 Å². The van der Waals surface area contributed by atoms with E-state index >= 15 is 0 Å². The molecule has 37 heavy (non-hydrogen) atoms. The van der Waals surface area contributed by atoms with E-state index < -0.39 is 0 Å². The van der Waals surface area contributed by atoms with Crippen molar-refractivity contribution in [1.82, 2.24) is 4.98 Å². The SMILES string of the molecule is C1=c2ccc3cccnc3c2=C(c2cccc(-c3ccc4c5ccccc5c5ccccc5c4c3)c2)C1. The van der Waals surface area contributed by atoms with Crippen molar-refractivity contribution in [2.75, 3.05) is 0 Å². The number of fused-ring (bicyclic) bond motifs is 9. The monoisotopic (exact) mass is 469 g/mol. The molecule has 172 valence electrons. The number of rotatable bonds is 2. The maximum absolute atomic E-state index is 4.76. The van der Waals surface area contributed by atoms with Gasteiger partial charge in [-0.25, -0.2) is 0 Å². The van der Waals surface area contributed by atoms with E-state index in [1.807, 2.05) is 12.3 Å². The molecule has 1 aliphatic rings. The van der Waals surface area contributed by atoms with Gasteiger partial charge in [-0.3, -0.25) is 4.98 Å². The molecule has 1 aromatic heterocycles. The van der Waals surface area contributed by atoms with Crippen LogP contribution >= 0.6 is 0 Å². The van der Waals surface area contributed by atoms with E-state index in [2.05, 4.69) is 115 Å². The van der Waals surface area contributed by atoms with Crippen LogP contribution in [0.3, 0.4) is 0 Å². The summed E-state index contributed by atoms with van der Waals surface area (Å²) >= 11 is 0. The molecule has 8 rings (SSSR count). The van der Waals surface area contributed by atoms with Gasteiger partial charge in [0.1, 0.15) is 0 Å². The first kappa shape index (κ1) is 20.4. The molecule has 0 unspecified atom stereocenters. The minimum atomic E-state index is 0.933. The van der Waals surface area contributed by atoms with Gasteiger partial charge in [0.05, 0.1) is 5.52 Å². The molecule has 0 bridgehead atoms. The summed E-state index contributed by atoms with van der Waals surface area (Å²) in [4.78, 5) is 4.76. The van der Waals surface area contributed by atoms with Gasteiger partial charge in [0, 0.05) is 16.8 Å². The minimum Gasteiger partial charge on any atom is -0.256 e. The molecule has 1 heterocycles. The molecule has 0 spiro atoms. The Bertz CT molecular complexity index is 2130. The lowest BCUT2D eigenvalue weighted by molar-refractivity contribution is 1.37. The summed E-state index contributed by atoms with van der Waals surface area (Å²) in [6.07, 6.45) is 5.17. The van der Waals surface area contributed by atoms with Gasteiger partial charge in [0.25, 0.3) is 0 Å². The van der Waals surface area contributed by atoms with Crippen molar-refractivity contribution in [3.63, 3.8) is 0 Å². The Hall–Kier alpha value is -4.75. The Labute approximate surface area is 214 Å². The van der Waals surface area contributed by atoms with Crippen LogP contribution in [0.2, 0.25) is 0 Å². The number of benzene rings is 6. The minimum absolute atomic E-state index is 0.933. The molecule has 0 radical (unpaired) electrons. The van der Waals surface area contributed by atoms with Gasteiger partial charge in [-0.15, -0.1) is 0 Å². The van der Waals surface area contributed by atoms with Gasteiger partial charge in [0.2, 0.25) is 0 Å². The summed E-state index contributed by atoms with van der Waals surface area (Å²) in [6.45, 7) is 0. The number of pyridine rings is 1. The predicted molar refractivity (Wildman–Crippen MR) is 157 cm³/mol. The Morgan fingerprint density at radius 3 is 1.95 bits per heavy atom. The predicted octanol–water partition coefficient (Wildman–Crippen LogP) is 7.74. The quantitative estimate of drug-likeness (QED) is 0.236. The molecule has 0 aliphatic heterocycles. The molecule has 1 aliphatic carbocycles. The first-order chi connectivity index (χ1) is 18.3. The molecular formula is C36H23N. The molecule has 0 N–H and O–H groups in total. The molecule has 1 heteroatoms. The highest BCUT2D eigenvalue weighted by molar-refractivity contribution is 6.25. The van der Waals surface area contributed by atoms with Crippen LogP contribution in [0.25, 0.3) is 66.0 Å². The van der Waals surface area contributed by atoms with Crippen LogP contribution < -0.4 is 10.4 Å². The third-order valence-corrected chi connectivity index (χ3v) is 7.92. The second-order valence-corrected chi connectivity index (χ2v) is 9.92. The lowest BCUT2D eigenvalue weighted by Crippen LogP contribution is -2.24. The summed E-state index contributed by atoms with van der Waals surface area (Å²) in [5.41, 5.74) is 6.21. The van der Waals surface area contributed by atoms with Gasteiger partial charge in [-0.2, -0.15) is 0 Å². The highest BCUT2D eigenvalue weighted by Crippen LogP contribution is 2.37. The van der Waals surface area contributed by atoms with E-state index in [-0.39, 0.29) is 0 Å². The van der Waals surface area contributed by atoms with Crippen LogP contribution in [0.1, 0.15) is 12.0 Å². The van der Waals surface area contributed by atoms with E-state index in [1.54, 1.807) is 0 Å². The van der Waals surface area contributed by atoms with Crippen molar-refractivity contribution in [2.45, 2.75) is 6.42 Å². The Balaban J connectivity index is 1.36. The summed E-state index contributed by atoms with van der Waals surface area (Å²) < 4.78 is 0. The number of nitrogens with zero attached hydrogens (tertiary/aromatic N) is 1. The summed E-state index contributed by atoms with van der Waals surface area (Å²) in [6, 6.07) is 42.1. The normalized spacial score (nSPS) is 12.9. The van der Waals surface area contributed by atoms with Crippen LogP contribution in [-0.4, -0.2) is 4.98 Å². The second kappa shape index (κ2) is 7.88. The lowest BCUT2D eigenvalue weighted by atomic mass is 9.91. The maximum Gasteiger partial charge on any atom is 0.0783 e. The van der Waals surface area contributed by atoms with Gasteiger partial charge in [-0.05, 0) is 84.4 Å². The summed E-state index contributed by atoms with van der Waals surface area (Å²) in [5, 5.41) is 11.6. The van der Waals surface area contributed by atoms with Crippen LogP contribution in [0.15, 0.2) is 121 Å². The number of hydrogen-bond donors (Lipinski definition) is 0. The van der Waals surface area contributed by atoms with E-state index in [0.29, 0.717) is 0 Å². The highest BCUT2D eigenvalue weighted by Gasteiger charge is 2.13. The van der Waals surface area contributed by atoms with E-state index in [1.165, 1.54) is 70.4 Å². The molecule has 0 saturated carbocycles. The molecule has 7 aromatic rings. The average molecular weight is 470 g/mol. The molecule has 0 amide bonds. The zero-order valence-corrected chi connectivity index (χ0v) is 20.3. The van der Waals surface area contributed by atoms with Crippen LogP contribution in [0, 0.1) is 0 Å². The molecule has 0 saturated heterocycles. The molecule has 1 nitrogen and oxygen atoms in total. The topological polar surface area (TPSA) is 12.9 Å². The standard InChI is InChI=1S/C36H23N/c1-2-12-31-29(10-1)30-11-3-4-13-32(30)34-22-26(17-19-33(31)34)25-7-5-8-27(21-25)28-18-16-23-14-15-24-9-6-20-37-36(24)35(23)28/h1-17,19-22H,18H2. The number of aromatic nitrogens is 1. The lowest BCUT2D eigenvalue weighted by Gasteiger charge is -2.13. The van der Waals surface area contributed by atoms with Crippen molar-refractivity contribution >= 4 is 54.9 Å². The first-order valence-electron chi connectivity index (χ1n) is 12.9. The van der Waals surface area contributed by atoms with E-state index in [0.717, 1.165) is 11.9 Å². The van der Waals surface area contributed by atoms with Crippen molar-refractivity contribution in [3.8, 4) is 11.1 Å². The third-order valence-electron chi connectivity index (χ3n) is 7.92. The largest absolute Gasteiger partial charge is 0.256 e. The van der Waals surface area contributed by atoms with Gasteiger partial charge in [-0.1, -0.05) is 103 Å². The Kier molecular flexibility index (Phi) is 4.35. The molecule has 6 aromatic carbocycles. The van der Waals surface area contributed by atoms with Crippen molar-refractivity contribution in [2.24, 2.45) is 0 Å². The summed E-state index contributed by atoms with van der Waals surface area (Å²) in [5.74, 6) is 0. The van der Waals surface area contributed by atoms with Gasteiger partial charge in [0.15, 0.2) is 0 Å². The summed E-state index contributed by atoms with van der Waals surface area (Å²) in [7, 11) is 0. The van der Waals surface area contributed by atoms with E-state index in [9.17, 15) is 0 Å². The Morgan fingerprint density at radius 1 is 0.486 bits per heavy atom.